The quantitative estimate of drug-likeness (QED) is 0.624. The fourth-order valence-electron chi connectivity index (χ4n) is 4.89. The molecule has 2 aromatic heterocycles. The number of carbonyl (C=O) groups is 1. The topological polar surface area (TPSA) is 54.3 Å². The van der Waals surface area contributed by atoms with Crippen LogP contribution in [0.4, 0.5) is 4.39 Å². The second-order valence-corrected chi connectivity index (χ2v) is 8.80. The molecule has 32 heavy (non-hydrogen) atoms. The number of rotatable bonds is 4. The third kappa shape index (κ3) is 4.17. The molecule has 1 amide bonds. The average molecular weight is 434 g/mol. The third-order valence-electron chi connectivity index (χ3n) is 6.70. The third-order valence-corrected chi connectivity index (χ3v) is 6.70. The van der Waals surface area contributed by atoms with Gasteiger partial charge >= 0.3 is 0 Å². The summed E-state index contributed by atoms with van der Waals surface area (Å²) in [7, 11) is 1.90. The van der Waals surface area contributed by atoms with Gasteiger partial charge in [-0.25, -0.2) is 14.4 Å². The number of aromatic nitrogens is 3. The van der Waals surface area contributed by atoms with Gasteiger partial charge in [-0.1, -0.05) is 12.1 Å². The monoisotopic (exact) mass is 433 g/mol. The van der Waals surface area contributed by atoms with Gasteiger partial charge in [0.15, 0.2) is 5.82 Å². The molecule has 2 fully saturated rings. The molecule has 0 N–H and O–H groups in total. The second kappa shape index (κ2) is 8.82. The summed E-state index contributed by atoms with van der Waals surface area (Å²) in [4.78, 5) is 26.6. The van der Waals surface area contributed by atoms with E-state index in [0.29, 0.717) is 23.1 Å². The normalized spacial score (nSPS) is 17.8. The molecule has 7 heteroatoms. The lowest BCUT2D eigenvalue weighted by Gasteiger charge is -2.36. The van der Waals surface area contributed by atoms with Gasteiger partial charge in [0.05, 0.1) is 0 Å². The lowest BCUT2D eigenvalue weighted by atomic mass is 10.0. The highest BCUT2D eigenvalue weighted by molar-refractivity contribution is 5.94. The molecule has 0 radical (unpaired) electrons. The Balaban J connectivity index is 1.28. The maximum Gasteiger partial charge on any atom is 0.270 e. The fraction of sp³-hybridized carbons (Fsp3) is 0.400. The lowest BCUT2D eigenvalue weighted by Crippen LogP contribution is -2.46. The van der Waals surface area contributed by atoms with Crippen LogP contribution in [0.15, 0.2) is 48.9 Å². The summed E-state index contributed by atoms with van der Waals surface area (Å²) in [6.45, 7) is 4.04. The van der Waals surface area contributed by atoms with Gasteiger partial charge in [0.2, 0.25) is 0 Å². The standard InChI is InChI=1S/C25H28FN5O/c1-29-17-19(20-15-27-24(28-16-20)18-5-4-6-21(26)13-18)14-23(29)25(32)31-11-7-22(8-12-31)30-9-2-3-10-30/h4-6,13-17,22H,2-3,7-12H2,1H3. The minimum absolute atomic E-state index is 0.0796. The Bertz CT molecular complexity index is 1100. The molecule has 0 unspecified atom stereocenters. The first-order valence-electron chi connectivity index (χ1n) is 11.4. The molecule has 2 aliphatic heterocycles. The van der Waals surface area contributed by atoms with Crippen molar-refractivity contribution >= 4 is 5.91 Å². The van der Waals surface area contributed by atoms with E-state index in [-0.39, 0.29) is 11.7 Å². The van der Waals surface area contributed by atoms with E-state index < -0.39 is 0 Å². The Hall–Kier alpha value is -3.06. The van der Waals surface area contributed by atoms with Gasteiger partial charge in [0.25, 0.3) is 5.91 Å². The minimum atomic E-state index is -0.314. The molecule has 4 heterocycles. The molecule has 1 aromatic carbocycles. The van der Waals surface area contributed by atoms with Gasteiger partial charge in [0.1, 0.15) is 11.5 Å². The lowest BCUT2D eigenvalue weighted by molar-refractivity contribution is 0.0635. The van der Waals surface area contributed by atoms with Gasteiger partial charge in [-0.15, -0.1) is 0 Å². The molecule has 0 saturated carbocycles. The highest BCUT2D eigenvalue weighted by atomic mass is 19.1. The van der Waals surface area contributed by atoms with Crippen LogP contribution in [0.1, 0.15) is 36.2 Å². The number of hydrogen-bond donors (Lipinski definition) is 0. The molecular formula is C25H28FN5O. The van der Waals surface area contributed by atoms with Crippen molar-refractivity contribution in [2.24, 2.45) is 7.05 Å². The van der Waals surface area contributed by atoms with Crippen molar-refractivity contribution < 1.29 is 9.18 Å². The number of benzene rings is 1. The molecule has 0 spiro atoms. The van der Waals surface area contributed by atoms with Crippen molar-refractivity contribution in [2.45, 2.75) is 31.7 Å². The predicted octanol–water partition coefficient (Wildman–Crippen LogP) is 3.99. The molecule has 2 saturated heterocycles. The molecule has 0 atom stereocenters. The van der Waals surface area contributed by atoms with Crippen LogP contribution in [0, 0.1) is 5.82 Å². The van der Waals surface area contributed by atoms with Crippen LogP contribution in [0.2, 0.25) is 0 Å². The van der Waals surface area contributed by atoms with E-state index in [1.165, 1.54) is 38.1 Å². The molecule has 0 aliphatic carbocycles. The van der Waals surface area contributed by atoms with E-state index in [1.54, 1.807) is 24.5 Å². The second-order valence-electron chi connectivity index (χ2n) is 8.80. The van der Waals surface area contributed by atoms with Crippen molar-refractivity contribution in [1.29, 1.82) is 0 Å². The van der Waals surface area contributed by atoms with Crippen molar-refractivity contribution in [3.8, 4) is 22.5 Å². The number of likely N-dealkylation sites (tertiary alicyclic amines) is 2. The number of aryl methyl sites for hydroxylation is 1. The molecule has 166 valence electrons. The summed E-state index contributed by atoms with van der Waals surface area (Å²) in [5.41, 5.74) is 3.03. The average Bonchev–Trinajstić information content (AvgIpc) is 3.49. The summed E-state index contributed by atoms with van der Waals surface area (Å²) < 4.78 is 15.4. The molecule has 6 nitrogen and oxygen atoms in total. The van der Waals surface area contributed by atoms with Gasteiger partial charge in [-0.3, -0.25) is 4.79 Å². The number of carbonyl (C=O) groups excluding carboxylic acids is 1. The molecule has 0 bridgehead atoms. The predicted molar refractivity (Wildman–Crippen MR) is 122 cm³/mol. The highest BCUT2D eigenvalue weighted by Gasteiger charge is 2.29. The summed E-state index contributed by atoms with van der Waals surface area (Å²) in [6.07, 6.45) is 10.1. The Kier molecular flexibility index (Phi) is 5.74. The van der Waals surface area contributed by atoms with E-state index in [9.17, 15) is 9.18 Å². The van der Waals surface area contributed by atoms with Crippen molar-refractivity contribution in [1.82, 2.24) is 24.3 Å². The van der Waals surface area contributed by atoms with E-state index in [0.717, 1.165) is 37.1 Å². The van der Waals surface area contributed by atoms with Crippen LogP contribution in [-0.4, -0.2) is 62.5 Å². The minimum Gasteiger partial charge on any atom is -0.346 e. The summed E-state index contributed by atoms with van der Waals surface area (Å²) >= 11 is 0. The first-order valence-corrected chi connectivity index (χ1v) is 11.4. The van der Waals surface area contributed by atoms with E-state index >= 15 is 0 Å². The maximum atomic E-state index is 13.5. The van der Waals surface area contributed by atoms with Crippen LogP contribution >= 0.6 is 0 Å². The molecular weight excluding hydrogens is 405 g/mol. The van der Waals surface area contributed by atoms with E-state index in [2.05, 4.69) is 14.9 Å². The largest absolute Gasteiger partial charge is 0.346 e. The van der Waals surface area contributed by atoms with Crippen LogP contribution in [0.3, 0.4) is 0 Å². The first-order chi connectivity index (χ1) is 15.6. The molecule has 5 rings (SSSR count). The van der Waals surface area contributed by atoms with Crippen LogP contribution in [-0.2, 0) is 7.05 Å². The Morgan fingerprint density at radius 3 is 2.38 bits per heavy atom. The van der Waals surface area contributed by atoms with Crippen LogP contribution in [0.5, 0.6) is 0 Å². The van der Waals surface area contributed by atoms with Gasteiger partial charge in [-0.05, 0) is 57.0 Å². The Morgan fingerprint density at radius 1 is 0.969 bits per heavy atom. The SMILES string of the molecule is Cn1cc(-c2cnc(-c3cccc(F)c3)nc2)cc1C(=O)N1CCC(N2CCCC2)CC1. The van der Waals surface area contributed by atoms with Gasteiger partial charge in [-0.2, -0.15) is 0 Å². The first kappa shape index (κ1) is 20.8. The van der Waals surface area contributed by atoms with Gasteiger partial charge in [0, 0.05) is 61.5 Å². The number of piperidine rings is 1. The Labute approximate surface area is 187 Å². The zero-order valence-electron chi connectivity index (χ0n) is 18.4. The highest BCUT2D eigenvalue weighted by Crippen LogP contribution is 2.26. The van der Waals surface area contributed by atoms with Crippen molar-refractivity contribution in [2.75, 3.05) is 26.2 Å². The van der Waals surface area contributed by atoms with Crippen LogP contribution in [0.25, 0.3) is 22.5 Å². The fourth-order valence-corrected chi connectivity index (χ4v) is 4.89. The number of amides is 1. The van der Waals surface area contributed by atoms with Crippen molar-refractivity contribution in [3.63, 3.8) is 0 Å². The number of halogens is 1. The zero-order chi connectivity index (χ0) is 22.1. The summed E-state index contributed by atoms with van der Waals surface area (Å²) in [6, 6.07) is 8.78. The number of hydrogen-bond acceptors (Lipinski definition) is 4. The summed E-state index contributed by atoms with van der Waals surface area (Å²) in [5.74, 6) is 0.239. The summed E-state index contributed by atoms with van der Waals surface area (Å²) in [5, 5.41) is 0. The maximum absolute atomic E-state index is 13.5. The molecule has 3 aromatic rings. The van der Waals surface area contributed by atoms with E-state index in [4.69, 9.17) is 0 Å². The van der Waals surface area contributed by atoms with Crippen LogP contribution < -0.4 is 0 Å². The van der Waals surface area contributed by atoms with Gasteiger partial charge < -0.3 is 14.4 Å². The zero-order valence-corrected chi connectivity index (χ0v) is 18.4. The van der Waals surface area contributed by atoms with E-state index in [1.807, 2.05) is 28.8 Å². The van der Waals surface area contributed by atoms with Crippen molar-refractivity contribution in [3.05, 3.63) is 60.4 Å². The smallest absolute Gasteiger partial charge is 0.270 e. The Morgan fingerprint density at radius 2 is 1.69 bits per heavy atom. The molecule has 2 aliphatic rings. The number of nitrogens with zero attached hydrogens (tertiary/aromatic N) is 5.